The molecule has 2 aromatic heterocycles. The average Bonchev–Trinajstić information content (AvgIpc) is 3.18. The summed E-state index contributed by atoms with van der Waals surface area (Å²) < 4.78 is 1.76. The number of pyridine rings is 1. The van der Waals surface area contributed by atoms with E-state index in [9.17, 15) is 9.59 Å². The highest BCUT2D eigenvalue weighted by Gasteiger charge is 2.35. The summed E-state index contributed by atoms with van der Waals surface area (Å²) in [6.07, 6.45) is 8.24. The van der Waals surface area contributed by atoms with E-state index in [0.29, 0.717) is 25.2 Å². The second-order valence-electron chi connectivity index (χ2n) is 6.65. The number of hydrogen-bond acceptors (Lipinski definition) is 4. The van der Waals surface area contributed by atoms with E-state index in [4.69, 9.17) is 0 Å². The third-order valence-corrected chi connectivity index (χ3v) is 4.34. The Hall–Kier alpha value is -2.70. The smallest absolute Gasteiger partial charge is 0.247 e. The van der Waals surface area contributed by atoms with Crippen LogP contribution >= 0.6 is 0 Å². The molecule has 0 aliphatic carbocycles. The third-order valence-electron chi connectivity index (χ3n) is 4.34. The van der Waals surface area contributed by atoms with Gasteiger partial charge in [-0.05, 0) is 30.0 Å². The van der Waals surface area contributed by atoms with E-state index in [2.05, 4.69) is 15.4 Å². The van der Waals surface area contributed by atoms with E-state index in [-0.39, 0.29) is 17.7 Å². The minimum absolute atomic E-state index is 0.0499. The lowest BCUT2D eigenvalue weighted by Gasteiger charge is -2.29. The Kier molecular flexibility index (Phi) is 5.11. The van der Waals surface area contributed by atoms with Crippen molar-refractivity contribution >= 4 is 17.5 Å². The molecule has 1 fully saturated rings. The van der Waals surface area contributed by atoms with Crippen molar-refractivity contribution in [3.8, 4) is 0 Å². The van der Waals surface area contributed by atoms with Gasteiger partial charge in [0.15, 0.2) is 0 Å². The van der Waals surface area contributed by atoms with Gasteiger partial charge in [-0.2, -0.15) is 5.10 Å². The fraction of sp³-hybridized carbons (Fsp3) is 0.444. The number of nitrogens with zero attached hydrogens (tertiary/aromatic N) is 4. The number of likely N-dealkylation sites (tertiary alicyclic amines) is 1. The predicted molar refractivity (Wildman–Crippen MR) is 93.8 cm³/mol. The van der Waals surface area contributed by atoms with Crippen LogP contribution in [0.25, 0.3) is 0 Å². The number of aromatic nitrogens is 3. The van der Waals surface area contributed by atoms with Crippen LogP contribution in [0.4, 0.5) is 5.69 Å². The molecule has 0 bridgehead atoms. The summed E-state index contributed by atoms with van der Waals surface area (Å²) in [5, 5.41) is 7.18. The molecule has 1 N–H and O–H groups in total. The molecule has 7 nitrogen and oxygen atoms in total. The fourth-order valence-electron chi connectivity index (χ4n) is 3.17. The average molecular weight is 341 g/mol. The zero-order valence-corrected chi connectivity index (χ0v) is 14.6. The maximum absolute atomic E-state index is 12.7. The highest BCUT2D eigenvalue weighted by atomic mass is 16.2. The maximum atomic E-state index is 12.7. The van der Waals surface area contributed by atoms with Gasteiger partial charge in [-0.25, -0.2) is 0 Å². The number of anilines is 1. The van der Waals surface area contributed by atoms with E-state index < -0.39 is 6.04 Å². The van der Waals surface area contributed by atoms with Gasteiger partial charge in [0.05, 0.1) is 18.4 Å². The van der Waals surface area contributed by atoms with Crippen molar-refractivity contribution < 1.29 is 9.59 Å². The molecular weight excluding hydrogens is 318 g/mol. The van der Waals surface area contributed by atoms with Crippen LogP contribution in [0, 0.1) is 5.92 Å². The third kappa shape index (κ3) is 4.04. The summed E-state index contributed by atoms with van der Waals surface area (Å²) in [7, 11) is 0. The summed E-state index contributed by atoms with van der Waals surface area (Å²) >= 11 is 0. The first-order chi connectivity index (χ1) is 12.0. The van der Waals surface area contributed by atoms with Crippen molar-refractivity contribution in [2.75, 3.05) is 11.9 Å². The van der Waals surface area contributed by atoms with Crippen molar-refractivity contribution in [1.29, 1.82) is 0 Å². The molecule has 0 radical (unpaired) electrons. The molecule has 3 rings (SSSR count). The topological polar surface area (TPSA) is 80.1 Å². The maximum Gasteiger partial charge on any atom is 0.247 e. The number of amides is 2. The first kappa shape index (κ1) is 17.1. The molecule has 0 unspecified atom stereocenters. The van der Waals surface area contributed by atoms with Gasteiger partial charge in [0.2, 0.25) is 11.8 Å². The first-order valence-corrected chi connectivity index (χ1v) is 8.56. The Labute approximate surface area is 147 Å². The monoisotopic (exact) mass is 341 g/mol. The van der Waals surface area contributed by atoms with E-state index in [1.54, 1.807) is 34.4 Å². The molecule has 0 saturated carbocycles. The number of nitrogens with one attached hydrogen (secondary N) is 1. The van der Waals surface area contributed by atoms with Gasteiger partial charge in [-0.1, -0.05) is 13.8 Å². The molecule has 1 atom stereocenters. The normalized spacial score (nSPS) is 15.6. The van der Waals surface area contributed by atoms with Gasteiger partial charge in [0, 0.05) is 31.6 Å². The van der Waals surface area contributed by atoms with Crippen molar-refractivity contribution in [3.63, 3.8) is 0 Å². The lowest BCUT2D eigenvalue weighted by Crippen LogP contribution is -2.47. The molecule has 3 heterocycles. The molecule has 0 spiro atoms. The van der Waals surface area contributed by atoms with Gasteiger partial charge in [0.25, 0.3) is 0 Å². The molecule has 25 heavy (non-hydrogen) atoms. The second kappa shape index (κ2) is 7.46. The van der Waals surface area contributed by atoms with Gasteiger partial charge >= 0.3 is 0 Å². The van der Waals surface area contributed by atoms with Crippen LogP contribution in [-0.4, -0.2) is 44.1 Å². The van der Waals surface area contributed by atoms with Gasteiger partial charge in [-0.3, -0.25) is 19.3 Å². The molecule has 7 heteroatoms. The molecule has 0 aromatic carbocycles. The molecule has 132 valence electrons. The quantitative estimate of drug-likeness (QED) is 0.870. The Morgan fingerprint density at radius 3 is 2.72 bits per heavy atom. The molecule has 2 amide bonds. The van der Waals surface area contributed by atoms with Crippen molar-refractivity contribution in [3.05, 3.63) is 42.5 Å². The van der Waals surface area contributed by atoms with E-state index in [0.717, 1.165) is 12.0 Å². The SMILES string of the molecule is CC(C)[C@H](C(=O)Nc1cnn(Cc2ccncc2)c1)N1CCCC1=O. The van der Waals surface area contributed by atoms with Crippen molar-refractivity contribution in [2.24, 2.45) is 5.92 Å². The standard InChI is InChI=1S/C18H23N5O2/c1-13(2)17(23-9-3-4-16(23)24)18(25)21-15-10-20-22(12-15)11-14-5-7-19-8-6-14/h5-8,10,12-13,17H,3-4,9,11H2,1-2H3,(H,21,25)/t17-/m1/s1. The Morgan fingerprint density at radius 2 is 2.08 bits per heavy atom. The van der Waals surface area contributed by atoms with Gasteiger partial charge in [0.1, 0.15) is 6.04 Å². The Bertz CT molecular complexity index is 741. The largest absolute Gasteiger partial charge is 0.330 e. The number of carbonyl (C=O) groups excluding carboxylic acids is 2. The molecule has 1 aliphatic heterocycles. The van der Waals surface area contributed by atoms with Crippen LogP contribution in [0.1, 0.15) is 32.3 Å². The fourth-order valence-corrected chi connectivity index (χ4v) is 3.17. The van der Waals surface area contributed by atoms with E-state index in [1.807, 2.05) is 26.0 Å². The van der Waals surface area contributed by atoms with Crippen LogP contribution in [0.2, 0.25) is 0 Å². The van der Waals surface area contributed by atoms with Crippen LogP contribution in [0.3, 0.4) is 0 Å². The highest BCUT2D eigenvalue weighted by Crippen LogP contribution is 2.20. The predicted octanol–water partition coefficient (Wildman–Crippen LogP) is 1.91. The van der Waals surface area contributed by atoms with Crippen molar-refractivity contribution in [1.82, 2.24) is 19.7 Å². The minimum atomic E-state index is -0.446. The summed E-state index contributed by atoms with van der Waals surface area (Å²) in [5.41, 5.74) is 1.72. The summed E-state index contributed by atoms with van der Waals surface area (Å²) in [6, 6.07) is 3.40. The van der Waals surface area contributed by atoms with Gasteiger partial charge in [-0.15, -0.1) is 0 Å². The lowest BCUT2D eigenvalue weighted by molar-refractivity contribution is -0.136. The molecule has 2 aromatic rings. The second-order valence-corrected chi connectivity index (χ2v) is 6.65. The molecular formula is C18H23N5O2. The van der Waals surface area contributed by atoms with E-state index in [1.165, 1.54) is 0 Å². The summed E-state index contributed by atoms with van der Waals surface area (Å²) in [5.74, 6) is -0.0511. The minimum Gasteiger partial charge on any atom is -0.330 e. The zero-order chi connectivity index (χ0) is 17.8. The number of rotatable bonds is 6. The first-order valence-electron chi connectivity index (χ1n) is 8.56. The molecule has 1 saturated heterocycles. The summed E-state index contributed by atoms with van der Waals surface area (Å²) in [4.78, 5) is 30.4. The van der Waals surface area contributed by atoms with Crippen LogP contribution < -0.4 is 5.32 Å². The van der Waals surface area contributed by atoms with Gasteiger partial charge < -0.3 is 10.2 Å². The highest BCUT2D eigenvalue weighted by molar-refractivity contribution is 5.97. The van der Waals surface area contributed by atoms with Crippen LogP contribution in [0.15, 0.2) is 36.9 Å². The Balaban J connectivity index is 1.66. The Morgan fingerprint density at radius 1 is 1.32 bits per heavy atom. The van der Waals surface area contributed by atoms with Crippen LogP contribution in [-0.2, 0) is 16.1 Å². The zero-order valence-electron chi connectivity index (χ0n) is 14.6. The van der Waals surface area contributed by atoms with Crippen LogP contribution in [0.5, 0.6) is 0 Å². The number of hydrogen-bond donors (Lipinski definition) is 1. The summed E-state index contributed by atoms with van der Waals surface area (Å²) in [6.45, 7) is 5.18. The lowest BCUT2D eigenvalue weighted by atomic mass is 10.0. The van der Waals surface area contributed by atoms with Crippen molar-refractivity contribution in [2.45, 2.75) is 39.3 Å². The van der Waals surface area contributed by atoms with E-state index >= 15 is 0 Å². The number of carbonyl (C=O) groups is 2. The molecule has 1 aliphatic rings.